The number of amides is 2. The minimum Gasteiger partial charge on any atom is -0.393 e. The molecule has 1 aromatic rings. The van der Waals surface area contributed by atoms with E-state index in [1.54, 1.807) is 6.08 Å². The maximum absolute atomic E-state index is 14.7. The van der Waals surface area contributed by atoms with Crippen LogP contribution in [0.5, 0.6) is 0 Å². The maximum atomic E-state index is 14.7. The molecule has 4 atom stereocenters. The van der Waals surface area contributed by atoms with Crippen LogP contribution in [0, 0.1) is 23.0 Å². The van der Waals surface area contributed by atoms with Gasteiger partial charge in [0.05, 0.1) is 12.1 Å². The maximum Gasteiger partial charge on any atom is 0.238 e. The van der Waals surface area contributed by atoms with Gasteiger partial charge in [-0.05, 0) is 60.8 Å². The van der Waals surface area contributed by atoms with Gasteiger partial charge in [-0.3, -0.25) is 9.59 Å². The zero-order valence-corrected chi connectivity index (χ0v) is 23.8. The Morgan fingerprint density at radius 2 is 1.88 bits per heavy atom. The standard InChI is InChI=1S/C30H37ClF3N3O3/c1-16(6-5-7-17(31)15-32)25-26(27(39)35-18-8-10-19(38)11-9-18)37-24(14-29(2,3)4)30(25)20-12-21(33)22(34)13-23(20)36-28(30)40/h5-7,12-13,18-19,24-26,37-38H,1,8-11,14-15H2,2-4H3,(H,35,39)(H,36,40)/b6-5-,17-7+/t18?,19?,24-,25+,26-,30+/m1/s1. The van der Waals surface area contributed by atoms with E-state index in [9.17, 15) is 27.9 Å². The number of rotatable bonds is 7. The number of alkyl halides is 1. The molecular formula is C30H37ClF3N3O3. The van der Waals surface area contributed by atoms with Gasteiger partial charge in [0.2, 0.25) is 11.8 Å². The molecule has 1 aromatic carbocycles. The van der Waals surface area contributed by atoms with Crippen molar-refractivity contribution in [1.29, 1.82) is 0 Å². The number of halogens is 4. The smallest absolute Gasteiger partial charge is 0.238 e. The highest BCUT2D eigenvalue weighted by Crippen LogP contribution is 2.55. The van der Waals surface area contributed by atoms with Gasteiger partial charge < -0.3 is 21.1 Å². The van der Waals surface area contributed by atoms with Gasteiger partial charge in [0.1, 0.15) is 12.1 Å². The van der Waals surface area contributed by atoms with Gasteiger partial charge in [-0.2, -0.15) is 0 Å². The molecule has 1 spiro atoms. The Balaban J connectivity index is 1.84. The van der Waals surface area contributed by atoms with Crippen molar-refractivity contribution in [2.24, 2.45) is 11.3 Å². The fourth-order valence-corrected chi connectivity index (χ4v) is 6.49. The molecule has 4 N–H and O–H groups in total. The lowest BCUT2D eigenvalue weighted by Crippen LogP contribution is -2.51. The van der Waals surface area contributed by atoms with Gasteiger partial charge in [-0.15, -0.1) is 0 Å². The van der Waals surface area contributed by atoms with Crippen molar-refractivity contribution in [3.8, 4) is 0 Å². The van der Waals surface area contributed by atoms with E-state index < -0.39 is 53.7 Å². The zero-order chi connectivity index (χ0) is 29.4. The second-order valence-corrected chi connectivity index (χ2v) is 12.8. The topological polar surface area (TPSA) is 90.5 Å². The summed E-state index contributed by atoms with van der Waals surface area (Å²) in [5, 5.41) is 19.0. The van der Waals surface area contributed by atoms with E-state index in [1.807, 2.05) is 20.8 Å². The molecule has 1 saturated carbocycles. The first-order valence-corrected chi connectivity index (χ1v) is 14.0. The van der Waals surface area contributed by atoms with Crippen LogP contribution < -0.4 is 16.0 Å². The largest absolute Gasteiger partial charge is 0.393 e. The molecule has 2 fully saturated rings. The average molecular weight is 580 g/mol. The highest BCUT2D eigenvalue weighted by Gasteiger charge is 2.66. The van der Waals surface area contributed by atoms with Crippen LogP contribution in [0.3, 0.4) is 0 Å². The van der Waals surface area contributed by atoms with Crippen LogP contribution in [0.15, 0.2) is 47.5 Å². The van der Waals surface area contributed by atoms with Gasteiger partial charge in [0.25, 0.3) is 0 Å². The highest BCUT2D eigenvalue weighted by molar-refractivity contribution is 6.29. The number of hydrogen-bond acceptors (Lipinski definition) is 4. The number of benzene rings is 1. The van der Waals surface area contributed by atoms with Gasteiger partial charge in [0.15, 0.2) is 11.6 Å². The Kier molecular flexibility index (Phi) is 8.88. The predicted molar refractivity (Wildman–Crippen MR) is 150 cm³/mol. The predicted octanol–water partition coefficient (Wildman–Crippen LogP) is 5.17. The number of anilines is 1. The van der Waals surface area contributed by atoms with E-state index in [4.69, 9.17) is 11.6 Å². The third kappa shape index (κ3) is 5.87. The minimum atomic E-state index is -1.49. The van der Waals surface area contributed by atoms with Crippen LogP contribution in [0.2, 0.25) is 0 Å². The number of carbonyl (C=O) groups excluding carboxylic acids is 2. The van der Waals surface area contributed by atoms with E-state index in [2.05, 4.69) is 22.5 Å². The van der Waals surface area contributed by atoms with Crippen LogP contribution in [-0.2, 0) is 15.0 Å². The van der Waals surface area contributed by atoms with Crippen molar-refractivity contribution < 1.29 is 27.9 Å². The second kappa shape index (κ2) is 11.7. The van der Waals surface area contributed by atoms with Crippen LogP contribution in [0.1, 0.15) is 58.4 Å². The number of nitrogens with one attached hydrogen (secondary N) is 3. The molecule has 0 unspecified atom stereocenters. The molecular weight excluding hydrogens is 543 g/mol. The van der Waals surface area contributed by atoms with Crippen molar-refractivity contribution in [2.45, 2.75) is 82.5 Å². The summed E-state index contributed by atoms with van der Waals surface area (Å²) in [4.78, 5) is 27.9. The third-order valence-corrected chi connectivity index (χ3v) is 8.37. The Morgan fingerprint density at radius 3 is 2.50 bits per heavy atom. The molecule has 0 radical (unpaired) electrons. The molecule has 2 aliphatic heterocycles. The lowest BCUT2D eigenvalue weighted by molar-refractivity contribution is -0.125. The van der Waals surface area contributed by atoms with Crippen molar-refractivity contribution in [1.82, 2.24) is 10.6 Å². The molecule has 40 heavy (non-hydrogen) atoms. The Bertz CT molecular complexity index is 1240. The molecule has 10 heteroatoms. The number of carbonyl (C=O) groups is 2. The first-order valence-electron chi connectivity index (χ1n) is 13.6. The fourth-order valence-electron chi connectivity index (χ4n) is 6.42. The Labute approximate surface area is 238 Å². The van der Waals surface area contributed by atoms with Crippen molar-refractivity contribution >= 4 is 29.1 Å². The molecule has 2 amide bonds. The van der Waals surface area contributed by atoms with E-state index in [1.165, 1.54) is 12.2 Å². The summed E-state index contributed by atoms with van der Waals surface area (Å²) in [6.07, 6.45) is 6.81. The van der Waals surface area contributed by atoms with Gasteiger partial charge in [0, 0.05) is 34.8 Å². The number of aliphatic hydroxyl groups excluding tert-OH is 1. The molecule has 0 bridgehead atoms. The summed E-state index contributed by atoms with van der Waals surface area (Å²) in [5.41, 5.74) is -1.02. The van der Waals surface area contributed by atoms with Crippen LogP contribution in [0.4, 0.5) is 18.9 Å². The molecule has 0 aromatic heterocycles. The van der Waals surface area contributed by atoms with Gasteiger partial charge in [-0.25, -0.2) is 13.2 Å². The summed E-state index contributed by atoms with van der Waals surface area (Å²) in [7, 11) is 0. The number of hydrogen-bond donors (Lipinski definition) is 4. The van der Waals surface area contributed by atoms with E-state index >= 15 is 0 Å². The lowest BCUT2D eigenvalue weighted by Gasteiger charge is -2.38. The molecule has 1 saturated heterocycles. The van der Waals surface area contributed by atoms with Crippen LogP contribution >= 0.6 is 11.6 Å². The SMILES string of the molecule is C=C(/C=C\C=C(\Cl)CF)[C@H]1[C@H](C(=O)NC2CCC(O)CC2)N[C@H](CC(C)(C)C)[C@]12C(=O)Nc1cc(F)c(F)cc12. The summed E-state index contributed by atoms with van der Waals surface area (Å²) < 4.78 is 41.9. The van der Waals surface area contributed by atoms with Crippen LogP contribution in [-0.4, -0.2) is 47.8 Å². The molecule has 6 nitrogen and oxygen atoms in total. The summed E-state index contributed by atoms with van der Waals surface area (Å²) >= 11 is 5.81. The van der Waals surface area contributed by atoms with E-state index in [0.717, 1.165) is 12.1 Å². The number of allylic oxidation sites excluding steroid dienone is 4. The summed E-state index contributed by atoms with van der Waals surface area (Å²) in [6.45, 7) is 9.32. The van der Waals surface area contributed by atoms with E-state index in [0.29, 0.717) is 37.7 Å². The normalized spacial score (nSPS) is 30.6. The highest BCUT2D eigenvalue weighted by atomic mass is 35.5. The lowest BCUT2D eigenvalue weighted by atomic mass is 9.62. The quantitative estimate of drug-likeness (QED) is 0.336. The van der Waals surface area contributed by atoms with Crippen molar-refractivity contribution in [2.75, 3.05) is 12.0 Å². The average Bonchev–Trinajstić information content (AvgIpc) is 3.35. The van der Waals surface area contributed by atoms with Gasteiger partial charge in [-0.1, -0.05) is 51.1 Å². The number of aliphatic hydroxyl groups is 1. The molecule has 1 aliphatic carbocycles. The van der Waals surface area contributed by atoms with Crippen LogP contribution in [0.25, 0.3) is 0 Å². The van der Waals surface area contributed by atoms with Gasteiger partial charge >= 0.3 is 0 Å². The van der Waals surface area contributed by atoms with E-state index in [-0.39, 0.29) is 33.6 Å². The minimum absolute atomic E-state index is 0.0378. The monoisotopic (exact) mass is 579 g/mol. The van der Waals surface area contributed by atoms with Crippen molar-refractivity contribution in [3.05, 3.63) is 64.7 Å². The summed E-state index contributed by atoms with van der Waals surface area (Å²) in [5.74, 6) is -3.92. The zero-order valence-electron chi connectivity index (χ0n) is 23.0. The Morgan fingerprint density at radius 1 is 1.23 bits per heavy atom. The molecule has 4 rings (SSSR count). The molecule has 218 valence electrons. The fraction of sp³-hybridized carbons (Fsp3) is 0.533. The number of fused-ring (bicyclic) bond motifs is 2. The molecule has 2 heterocycles. The first-order chi connectivity index (χ1) is 18.8. The first kappa shape index (κ1) is 30.3. The Hall–Kier alpha value is -2.62. The molecule has 3 aliphatic rings. The summed E-state index contributed by atoms with van der Waals surface area (Å²) in [6, 6.07) is 0.268. The van der Waals surface area contributed by atoms with Crippen molar-refractivity contribution in [3.63, 3.8) is 0 Å². The second-order valence-electron chi connectivity index (χ2n) is 12.3. The third-order valence-electron chi connectivity index (χ3n) is 8.14.